The van der Waals surface area contributed by atoms with E-state index in [0.717, 1.165) is 37.0 Å². The van der Waals surface area contributed by atoms with E-state index >= 15 is 0 Å². The number of halogens is 1. The van der Waals surface area contributed by atoms with Gasteiger partial charge in [-0.3, -0.25) is 0 Å². The van der Waals surface area contributed by atoms with Gasteiger partial charge in [0.15, 0.2) is 0 Å². The molecule has 1 aromatic heterocycles. The summed E-state index contributed by atoms with van der Waals surface area (Å²) in [6.45, 7) is 5.06. The van der Waals surface area contributed by atoms with Gasteiger partial charge in [0.05, 0.1) is 14.1 Å². The molecular formula is C22H29ClN2O4S3. The van der Waals surface area contributed by atoms with E-state index in [9.17, 15) is 16.8 Å². The van der Waals surface area contributed by atoms with E-state index in [0.29, 0.717) is 36.0 Å². The molecule has 32 heavy (non-hydrogen) atoms. The fraction of sp³-hybridized carbons (Fsp3) is 0.545. The summed E-state index contributed by atoms with van der Waals surface area (Å²) < 4.78 is 57.7. The van der Waals surface area contributed by atoms with Crippen LogP contribution in [0.4, 0.5) is 0 Å². The normalized spacial score (nSPS) is 23.6. The predicted octanol–water partition coefficient (Wildman–Crippen LogP) is 4.67. The van der Waals surface area contributed by atoms with Gasteiger partial charge >= 0.3 is 0 Å². The van der Waals surface area contributed by atoms with Crippen LogP contribution in [0.5, 0.6) is 0 Å². The molecule has 2 aliphatic rings. The molecule has 0 spiro atoms. The third-order valence-corrected chi connectivity index (χ3v) is 11.9. The molecule has 2 fully saturated rings. The Hall–Kier alpha value is -0.970. The third kappa shape index (κ3) is 4.52. The SMILES string of the molecule is Cc1ccc(S(=O)(=O)N2CCCCC2)cc1S(=O)(=O)N1CCCC1(C)Cc1ccc(Cl)s1. The monoisotopic (exact) mass is 516 g/mol. The van der Waals surface area contributed by atoms with Crippen LogP contribution in [-0.2, 0) is 26.5 Å². The van der Waals surface area contributed by atoms with Crippen molar-refractivity contribution in [2.75, 3.05) is 19.6 Å². The summed E-state index contributed by atoms with van der Waals surface area (Å²) in [5.41, 5.74) is -0.0303. The first kappa shape index (κ1) is 24.2. The minimum Gasteiger partial charge on any atom is -0.207 e. The summed E-state index contributed by atoms with van der Waals surface area (Å²) >= 11 is 7.55. The lowest BCUT2D eigenvalue weighted by molar-refractivity contribution is 0.265. The van der Waals surface area contributed by atoms with Crippen LogP contribution < -0.4 is 0 Å². The van der Waals surface area contributed by atoms with Crippen molar-refractivity contribution in [1.29, 1.82) is 0 Å². The molecule has 10 heteroatoms. The van der Waals surface area contributed by atoms with Gasteiger partial charge in [0, 0.05) is 36.5 Å². The number of hydrogen-bond donors (Lipinski definition) is 0. The highest BCUT2D eigenvalue weighted by atomic mass is 35.5. The van der Waals surface area contributed by atoms with E-state index < -0.39 is 25.6 Å². The van der Waals surface area contributed by atoms with Gasteiger partial charge in [0.2, 0.25) is 20.0 Å². The lowest BCUT2D eigenvalue weighted by Gasteiger charge is -2.34. The number of benzene rings is 1. The molecule has 0 aliphatic carbocycles. The van der Waals surface area contributed by atoms with Crippen molar-refractivity contribution in [3.8, 4) is 0 Å². The van der Waals surface area contributed by atoms with Crippen molar-refractivity contribution in [3.05, 3.63) is 45.1 Å². The molecule has 2 saturated heterocycles. The van der Waals surface area contributed by atoms with Gasteiger partial charge in [-0.05, 0) is 69.4 Å². The summed E-state index contributed by atoms with van der Waals surface area (Å²) in [5, 5.41) is 0. The average Bonchev–Trinajstić information content (AvgIpc) is 3.34. The fourth-order valence-corrected chi connectivity index (χ4v) is 9.78. The molecule has 1 aromatic carbocycles. The predicted molar refractivity (Wildman–Crippen MR) is 128 cm³/mol. The van der Waals surface area contributed by atoms with Crippen LogP contribution in [0.15, 0.2) is 40.1 Å². The zero-order valence-electron chi connectivity index (χ0n) is 18.4. The highest BCUT2D eigenvalue weighted by Gasteiger charge is 2.45. The largest absolute Gasteiger partial charge is 0.243 e. The standard InChI is InChI=1S/C22H29ClN2O4S3/c1-17-7-9-19(31(26,27)24-12-4-3-5-13-24)15-20(17)32(28,29)25-14-6-11-22(25,2)16-18-8-10-21(23)30-18/h7-10,15H,3-6,11-14,16H2,1-2H3. The van der Waals surface area contributed by atoms with Gasteiger partial charge in [0.1, 0.15) is 0 Å². The Morgan fingerprint density at radius 3 is 2.34 bits per heavy atom. The Morgan fingerprint density at radius 1 is 0.969 bits per heavy atom. The lowest BCUT2D eigenvalue weighted by Crippen LogP contribution is -2.46. The van der Waals surface area contributed by atoms with Gasteiger partial charge in [0.25, 0.3) is 0 Å². The Morgan fingerprint density at radius 2 is 1.69 bits per heavy atom. The van der Waals surface area contributed by atoms with E-state index in [2.05, 4.69) is 0 Å². The fourth-order valence-electron chi connectivity index (χ4n) is 4.80. The van der Waals surface area contributed by atoms with Crippen molar-refractivity contribution >= 4 is 43.0 Å². The van der Waals surface area contributed by atoms with Crippen LogP contribution >= 0.6 is 22.9 Å². The van der Waals surface area contributed by atoms with Crippen LogP contribution in [0.2, 0.25) is 4.34 Å². The quantitative estimate of drug-likeness (QED) is 0.559. The topological polar surface area (TPSA) is 74.8 Å². The van der Waals surface area contributed by atoms with E-state index in [4.69, 9.17) is 11.6 Å². The molecule has 3 heterocycles. The van der Waals surface area contributed by atoms with Gasteiger partial charge in [-0.2, -0.15) is 8.61 Å². The minimum absolute atomic E-state index is 0.0505. The second-order valence-electron chi connectivity index (χ2n) is 8.95. The number of hydrogen-bond acceptors (Lipinski definition) is 5. The molecule has 1 unspecified atom stereocenters. The molecular weight excluding hydrogens is 488 g/mol. The Kier molecular flexibility index (Phi) is 6.80. The number of piperidine rings is 1. The molecule has 0 N–H and O–H groups in total. The van der Waals surface area contributed by atoms with Crippen LogP contribution in [0.3, 0.4) is 0 Å². The third-order valence-electron chi connectivity index (χ3n) is 6.54. The molecule has 2 aromatic rings. The second kappa shape index (κ2) is 9.00. The van der Waals surface area contributed by atoms with Crippen molar-refractivity contribution < 1.29 is 16.8 Å². The molecule has 4 rings (SSSR count). The Labute approximate surface area is 200 Å². The van der Waals surface area contributed by atoms with Gasteiger partial charge in [-0.15, -0.1) is 11.3 Å². The molecule has 0 saturated carbocycles. The van der Waals surface area contributed by atoms with Crippen molar-refractivity contribution in [2.45, 2.75) is 67.7 Å². The molecule has 2 aliphatic heterocycles. The maximum absolute atomic E-state index is 13.8. The zero-order chi connectivity index (χ0) is 23.1. The van der Waals surface area contributed by atoms with E-state index in [-0.39, 0.29) is 9.79 Å². The Balaban J connectivity index is 1.69. The summed E-state index contributed by atoms with van der Waals surface area (Å²) in [4.78, 5) is 1.17. The molecule has 0 amide bonds. The first-order chi connectivity index (χ1) is 15.0. The second-order valence-corrected chi connectivity index (χ2v) is 14.5. The number of sulfonamides is 2. The van der Waals surface area contributed by atoms with E-state index in [1.165, 1.54) is 27.8 Å². The van der Waals surface area contributed by atoms with Crippen LogP contribution in [0.1, 0.15) is 49.5 Å². The lowest BCUT2D eigenvalue weighted by atomic mass is 9.95. The maximum atomic E-state index is 13.8. The number of thiophene rings is 1. The molecule has 1 atom stereocenters. The molecule has 0 radical (unpaired) electrons. The summed E-state index contributed by atoms with van der Waals surface area (Å²) in [6.07, 6.45) is 4.76. The number of aryl methyl sites for hydroxylation is 1. The van der Waals surface area contributed by atoms with Crippen LogP contribution in [0, 0.1) is 6.92 Å². The average molecular weight is 517 g/mol. The molecule has 176 valence electrons. The molecule has 6 nitrogen and oxygen atoms in total. The van der Waals surface area contributed by atoms with Crippen molar-refractivity contribution in [3.63, 3.8) is 0 Å². The first-order valence-corrected chi connectivity index (χ1v) is 15.0. The van der Waals surface area contributed by atoms with Crippen LogP contribution in [-0.4, -0.2) is 50.6 Å². The van der Waals surface area contributed by atoms with E-state index in [1.54, 1.807) is 17.3 Å². The summed E-state index contributed by atoms with van der Waals surface area (Å²) in [6, 6.07) is 8.26. The smallest absolute Gasteiger partial charge is 0.207 e. The highest BCUT2D eigenvalue weighted by molar-refractivity contribution is 7.90. The zero-order valence-corrected chi connectivity index (χ0v) is 21.6. The van der Waals surface area contributed by atoms with Crippen LogP contribution in [0.25, 0.3) is 0 Å². The number of rotatable bonds is 6. The minimum atomic E-state index is -3.88. The summed E-state index contributed by atoms with van der Waals surface area (Å²) in [5.74, 6) is 0. The number of nitrogens with zero attached hydrogens (tertiary/aromatic N) is 2. The highest BCUT2D eigenvalue weighted by Crippen LogP contribution is 2.39. The first-order valence-electron chi connectivity index (χ1n) is 10.9. The van der Waals surface area contributed by atoms with E-state index in [1.807, 2.05) is 19.1 Å². The van der Waals surface area contributed by atoms with Crippen molar-refractivity contribution in [2.24, 2.45) is 0 Å². The summed E-state index contributed by atoms with van der Waals surface area (Å²) in [7, 11) is -7.60. The van der Waals surface area contributed by atoms with Crippen molar-refractivity contribution in [1.82, 2.24) is 8.61 Å². The van der Waals surface area contributed by atoms with Gasteiger partial charge in [-0.1, -0.05) is 24.1 Å². The Bertz CT molecular complexity index is 1200. The van der Waals surface area contributed by atoms with Gasteiger partial charge < -0.3 is 0 Å². The van der Waals surface area contributed by atoms with Gasteiger partial charge in [-0.25, -0.2) is 16.8 Å². The molecule has 0 bridgehead atoms. The maximum Gasteiger partial charge on any atom is 0.243 e.